The molecule has 3 rings (SSSR count). The zero-order valence-electron chi connectivity index (χ0n) is 9.66. The summed E-state index contributed by atoms with van der Waals surface area (Å²) in [6.07, 6.45) is 0.920. The first-order valence-corrected chi connectivity index (χ1v) is 6.10. The molecule has 0 saturated carbocycles. The summed E-state index contributed by atoms with van der Waals surface area (Å²) in [5, 5.41) is 0.773. The van der Waals surface area contributed by atoms with E-state index in [-0.39, 0.29) is 0 Å². The second-order valence-electron chi connectivity index (χ2n) is 4.44. The highest BCUT2D eigenvalue weighted by Crippen LogP contribution is 2.32. The summed E-state index contributed by atoms with van der Waals surface area (Å²) in [5.74, 6) is 0.914. The minimum atomic E-state index is 0.628. The summed E-state index contributed by atoms with van der Waals surface area (Å²) in [6, 6.07) is 12.5. The molecule has 2 aromatic rings. The van der Waals surface area contributed by atoms with Gasteiger partial charge in [0.05, 0.1) is 0 Å². The molecule has 0 unspecified atom stereocenters. The van der Waals surface area contributed by atoms with Gasteiger partial charge in [0.1, 0.15) is 12.4 Å². The van der Waals surface area contributed by atoms with Crippen molar-refractivity contribution in [3.05, 3.63) is 63.7 Å². The van der Waals surface area contributed by atoms with Gasteiger partial charge in [-0.2, -0.15) is 0 Å². The average molecular weight is 245 g/mol. The van der Waals surface area contributed by atoms with Crippen LogP contribution in [0.1, 0.15) is 22.3 Å². The molecule has 86 valence electrons. The standard InChI is InChI=1S/C15H13ClO/c1-10-6-13-7-11-4-2-3-5-12(11)9-17-15(13)8-14(10)16/h2-6,8H,7,9H2,1H3. The minimum Gasteiger partial charge on any atom is -0.489 e. The number of halogens is 1. The molecular weight excluding hydrogens is 232 g/mol. The van der Waals surface area contributed by atoms with Gasteiger partial charge in [0.15, 0.2) is 0 Å². The molecule has 2 aromatic carbocycles. The van der Waals surface area contributed by atoms with E-state index in [0.29, 0.717) is 6.61 Å². The summed E-state index contributed by atoms with van der Waals surface area (Å²) in [7, 11) is 0. The van der Waals surface area contributed by atoms with E-state index >= 15 is 0 Å². The Bertz CT molecular complexity index is 575. The van der Waals surface area contributed by atoms with Crippen molar-refractivity contribution in [2.24, 2.45) is 0 Å². The van der Waals surface area contributed by atoms with Crippen LogP contribution in [0.5, 0.6) is 5.75 Å². The van der Waals surface area contributed by atoms with Crippen LogP contribution in [0.15, 0.2) is 36.4 Å². The molecule has 1 aliphatic rings. The van der Waals surface area contributed by atoms with Gasteiger partial charge in [-0.05, 0) is 35.2 Å². The lowest BCUT2D eigenvalue weighted by molar-refractivity contribution is 0.307. The number of rotatable bonds is 0. The van der Waals surface area contributed by atoms with Crippen LogP contribution in [-0.4, -0.2) is 0 Å². The number of aryl methyl sites for hydroxylation is 1. The van der Waals surface area contributed by atoms with Gasteiger partial charge in [0, 0.05) is 11.4 Å². The molecule has 0 spiro atoms. The van der Waals surface area contributed by atoms with Crippen molar-refractivity contribution in [1.29, 1.82) is 0 Å². The van der Waals surface area contributed by atoms with Gasteiger partial charge >= 0.3 is 0 Å². The van der Waals surface area contributed by atoms with Crippen molar-refractivity contribution < 1.29 is 4.74 Å². The van der Waals surface area contributed by atoms with Crippen LogP contribution in [0.4, 0.5) is 0 Å². The molecule has 0 radical (unpaired) electrons. The van der Waals surface area contributed by atoms with Crippen molar-refractivity contribution in [1.82, 2.24) is 0 Å². The first kappa shape index (κ1) is 10.7. The Morgan fingerprint density at radius 2 is 1.82 bits per heavy atom. The van der Waals surface area contributed by atoms with Gasteiger partial charge in [-0.3, -0.25) is 0 Å². The minimum absolute atomic E-state index is 0.628. The number of fused-ring (bicyclic) bond motifs is 2. The Kier molecular flexibility index (Phi) is 2.56. The van der Waals surface area contributed by atoms with Crippen LogP contribution in [0.25, 0.3) is 0 Å². The van der Waals surface area contributed by atoms with Crippen molar-refractivity contribution in [3.63, 3.8) is 0 Å². The Morgan fingerprint density at radius 1 is 1.06 bits per heavy atom. The highest BCUT2D eigenvalue weighted by molar-refractivity contribution is 6.31. The summed E-state index contributed by atoms with van der Waals surface area (Å²) in [6.45, 7) is 2.65. The molecule has 0 bridgehead atoms. The Hall–Kier alpha value is -1.47. The molecule has 17 heavy (non-hydrogen) atoms. The molecule has 0 atom stereocenters. The summed E-state index contributed by atoms with van der Waals surface area (Å²) < 4.78 is 5.83. The van der Waals surface area contributed by atoms with Gasteiger partial charge in [-0.15, -0.1) is 0 Å². The molecule has 2 heteroatoms. The maximum Gasteiger partial charge on any atom is 0.124 e. The molecule has 1 aliphatic heterocycles. The number of hydrogen-bond acceptors (Lipinski definition) is 1. The molecule has 0 saturated heterocycles. The maximum absolute atomic E-state index is 6.13. The third kappa shape index (κ3) is 1.91. The normalized spacial score (nSPS) is 13.3. The van der Waals surface area contributed by atoms with E-state index in [1.165, 1.54) is 16.7 Å². The molecule has 0 aromatic heterocycles. The molecule has 1 heterocycles. The third-order valence-corrected chi connectivity index (χ3v) is 3.63. The van der Waals surface area contributed by atoms with Gasteiger partial charge in [0.2, 0.25) is 0 Å². The first-order chi connectivity index (χ1) is 8.24. The zero-order valence-corrected chi connectivity index (χ0v) is 10.4. The fraction of sp³-hybridized carbons (Fsp3) is 0.200. The fourth-order valence-corrected chi connectivity index (χ4v) is 2.38. The lowest BCUT2D eigenvalue weighted by Gasteiger charge is -2.09. The molecule has 0 amide bonds. The zero-order chi connectivity index (χ0) is 11.8. The quantitative estimate of drug-likeness (QED) is 0.677. The molecule has 0 fully saturated rings. The van der Waals surface area contributed by atoms with Crippen LogP contribution in [0.2, 0.25) is 5.02 Å². The largest absolute Gasteiger partial charge is 0.489 e. The Balaban J connectivity index is 2.11. The van der Waals surface area contributed by atoms with E-state index in [0.717, 1.165) is 22.8 Å². The van der Waals surface area contributed by atoms with E-state index < -0.39 is 0 Å². The number of benzene rings is 2. The number of hydrogen-bond donors (Lipinski definition) is 0. The first-order valence-electron chi connectivity index (χ1n) is 5.72. The monoisotopic (exact) mass is 244 g/mol. The van der Waals surface area contributed by atoms with Crippen molar-refractivity contribution in [2.45, 2.75) is 20.0 Å². The highest BCUT2D eigenvalue weighted by atomic mass is 35.5. The van der Waals surface area contributed by atoms with Gasteiger partial charge in [-0.25, -0.2) is 0 Å². The predicted octanol–water partition coefficient (Wildman–Crippen LogP) is 4.13. The smallest absolute Gasteiger partial charge is 0.124 e. The Morgan fingerprint density at radius 3 is 2.65 bits per heavy atom. The van der Waals surface area contributed by atoms with Crippen LogP contribution in [-0.2, 0) is 13.0 Å². The Labute approximate surface area is 106 Å². The van der Waals surface area contributed by atoms with Crippen LogP contribution < -0.4 is 4.74 Å². The van der Waals surface area contributed by atoms with Gasteiger partial charge in [0.25, 0.3) is 0 Å². The van der Waals surface area contributed by atoms with E-state index in [1.54, 1.807) is 0 Å². The second-order valence-corrected chi connectivity index (χ2v) is 4.85. The van der Waals surface area contributed by atoms with E-state index in [4.69, 9.17) is 16.3 Å². The van der Waals surface area contributed by atoms with Crippen molar-refractivity contribution in [3.8, 4) is 5.75 Å². The fourth-order valence-electron chi connectivity index (χ4n) is 2.23. The van der Waals surface area contributed by atoms with Crippen molar-refractivity contribution >= 4 is 11.6 Å². The lowest BCUT2D eigenvalue weighted by Crippen LogP contribution is -1.95. The maximum atomic E-state index is 6.13. The van der Waals surface area contributed by atoms with Gasteiger partial charge in [-0.1, -0.05) is 41.9 Å². The van der Waals surface area contributed by atoms with E-state index in [2.05, 4.69) is 30.3 Å². The highest BCUT2D eigenvalue weighted by Gasteiger charge is 2.14. The SMILES string of the molecule is Cc1cc2c(cc1Cl)OCc1ccccc1C2. The van der Waals surface area contributed by atoms with Crippen LogP contribution in [0.3, 0.4) is 0 Å². The predicted molar refractivity (Wildman–Crippen MR) is 69.8 cm³/mol. The summed E-state index contributed by atoms with van der Waals surface area (Å²) in [5.41, 5.74) is 4.93. The third-order valence-electron chi connectivity index (χ3n) is 3.22. The average Bonchev–Trinajstić information content (AvgIpc) is 2.49. The summed E-state index contributed by atoms with van der Waals surface area (Å²) >= 11 is 6.13. The van der Waals surface area contributed by atoms with E-state index in [1.807, 2.05) is 13.0 Å². The second kappa shape index (κ2) is 4.08. The van der Waals surface area contributed by atoms with E-state index in [9.17, 15) is 0 Å². The molecule has 1 nitrogen and oxygen atoms in total. The van der Waals surface area contributed by atoms with Crippen LogP contribution >= 0.6 is 11.6 Å². The lowest BCUT2D eigenvalue weighted by atomic mass is 9.99. The number of ether oxygens (including phenoxy) is 1. The van der Waals surface area contributed by atoms with Gasteiger partial charge < -0.3 is 4.74 Å². The molecule has 0 N–H and O–H groups in total. The summed E-state index contributed by atoms with van der Waals surface area (Å²) in [4.78, 5) is 0. The molecular formula is C15H13ClO. The van der Waals surface area contributed by atoms with Crippen LogP contribution in [0, 0.1) is 6.92 Å². The topological polar surface area (TPSA) is 9.23 Å². The van der Waals surface area contributed by atoms with Crippen molar-refractivity contribution in [2.75, 3.05) is 0 Å². The molecule has 0 aliphatic carbocycles.